The molecule has 0 bridgehead atoms. The second kappa shape index (κ2) is 8.71. The smallest absolute Gasteiger partial charge is 0.315 e. The Morgan fingerprint density at radius 3 is 2.52 bits per heavy atom. The van der Waals surface area contributed by atoms with Crippen molar-refractivity contribution in [2.45, 2.75) is 45.8 Å². The van der Waals surface area contributed by atoms with E-state index in [1.807, 2.05) is 67.3 Å². The maximum absolute atomic E-state index is 12.3. The van der Waals surface area contributed by atoms with Crippen molar-refractivity contribution in [2.75, 3.05) is 6.54 Å². The molecule has 27 heavy (non-hydrogen) atoms. The van der Waals surface area contributed by atoms with Crippen LogP contribution in [-0.2, 0) is 17.9 Å². The van der Waals surface area contributed by atoms with E-state index < -0.39 is 0 Å². The molecule has 0 unspecified atom stereocenters. The number of carbonyl (C=O) groups is 2. The predicted molar refractivity (Wildman–Crippen MR) is 106 cm³/mol. The third-order valence-corrected chi connectivity index (χ3v) is 5.09. The molecule has 3 amide bonds. The van der Waals surface area contributed by atoms with Crippen molar-refractivity contribution in [3.05, 3.63) is 70.8 Å². The molecule has 1 atom stereocenters. The molecule has 5 heteroatoms. The fraction of sp³-hybridized carbons (Fsp3) is 0.364. The van der Waals surface area contributed by atoms with Gasteiger partial charge in [0.05, 0.1) is 6.04 Å². The van der Waals surface area contributed by atoms with Crippen LogP contribution in [0.4, 0.5) is 4.79 Å². The van der Waals surface area contributed by atoms with E-state index in [4.69, 9.17) is 0 Å². The van der Waals surface area contributed by atoms with Gasteiger partial charge in [-0.25, -0.2) is 4.79 Å². The van der Waals surface area contributed by atoms with E-state index in [9.17, 15) is 9.59 Å². The number of carbonyl (C=O) groups excluding carboxylic acids is 2. The molecule has 1 saturated heterocycles. The Morgan fingerprint density at radius 1 is 1.11 bits per heavy atom. The van der Waals surface area contributed by atoms with Crippen LogP contribution in [0.3, 0.4) is 0 Å². The maximum atomic E-state index is 12.3. The third-order valence-electron chi connectivity index (χ3n) is 5.09. The highest BCUT2D eigenvalue weighted by atomic mass is 16.2. The number of likely N-dealkylation sites (tertiary alicyclic amines) is 1. The van der Waals surface area contributed by atoms with Crippen molar-refractivity contribution < 1.29 is 9.59 Å². The number of amides is 3. The van der Waals surface area contributed by atoms with Crippen LogP contribution >= 0.6 is 0 Å². The molecule has 0 aromatic heterocycles. The first-order chi connectivity index (χ1) is 13.0. The highest BCUT2D eigenvalue weighted by Crippen LogP contribution is 2.18. The highest BCUT2D eigenvalue weighted by molar-refractivity contribution is 5.78. The molecule has 142 valence electrons. The monoisotopic (exact) mass is 365 g/mol. The zero-order valence-electron chi connectivity index (χ0n) is 16.0. The van der Waals surface area contributed by atoms with Crippen LogP contribution < -0.4 is 10.6 Å². The quantitative estimate of drug-likeness (QED) is 0.820. The summed E-state index contributed by atoms with van der Waals surface area (Å²) in [6.45, 7) is 5.88. The van der Waals surface area contributed by atoms with Gasteiger partial charge in [0.2, 0.25) is 5.91 Å². The van der Waals surface area contributed by atoms with Crippen LogP contribution in [0.5, 0.6) is 0 Å². The minimum absolute atomic E-state index is 0.0661. The van der Waals surface area contributed by atoms with Gasteiger partial charge in [-0.2, -0.15) is 0 Å². The number of nitrogens with zero attached hydrogens (tertiary/aromatic N) is 1. The Bertz CT molecular complexity index is 819. The minimum atomic E-state index is -0.196. The summed E-state index contributed by atoms with van der Waals surface area (Å²) in [6, 6.07) is 15.7. The summed E-state index contributed by atoms with van der Waals surface area (Å²) in [4.78, 5) is 26.1. The van der Waals surface area contributed by atoms with Crippen molar-refractivity contribution >= 4 is 11.9 Å². The molecular formula is C22H27N3O2. The fourth-order valence-electron chi connectivity index (χ4n) is 3.53. The van der Waals surface area contributed by atoms with Crippen molar-refractivity contribution in [1.29, 1.82) is 0 Å². The molecule has 0 spiro atoms. The van der Waals surface area contributed by atoms with E-state index in [0.29, 0.717) is 19.5 Å². The number of aryl methyl sites for hydroxylation is 1. The molecule has 3 rings (SSSR count). The summed E-state index contributed by atoms with van der Waals surface area (Å²) >= 11 is 0. The largest absolute Gasteiger partial charge is 0.338 e. The number of nitrogens with one attached hydrogen (secondary N) is 2. The first kappa shape index (κ1) is 19.0. The average molecular weight is 365 g/mol. The van der Waals surface area contributed by atoms with Crippen LogP contribution in [0.2, 0.25) is 0 Å². The molecule has 1 heterocycles. The molecular weight excluding hydrogens is 338 g/mol. The lowest BCUT2D eigenvalue weighted by Crippen LogP contribution is -2.37. The molecule has 0 saturated carbocycles. The second-order valence-electron chi connectivity index (χ2n) is 7.09. The van der Waals surface area contributed by atoms with Gasteiger partial charge in [-0.05, 0) is 42.5 Å². The minimum Gasteiger partial charge on any atom is -0.338 e. The second-order valence-corrected chi connectivity index (χ2v) is 7.09. The lowest BCUT2D eigenvalue weighted by Gasteiger charge is -2.19. The molecule has 1 aliphatic rings. The molecule has 0 aliphatic carbocycles. The Hall–Kier alpha value is -2.82. The Kier molecular flexibility index (Phi) is 6.12. The van der Waals surface area contributed by atoms with Gasteiger partial charge in [0, 0.05) is 26.1 Å². The molecule has 5 nitrogen and oxygen atoms in total. The fourth-order valence-corrected chi connectivity index (χ4v) is 3.53. The predicted octanol–water partition coefficient (Wildman–Crippen LogP) is 3.68. The van der Waals surface area contributed by atoms with Crippen LogP contribution in [0.25, 0.3) is 0 Å². The van der Waals surface area contributed by atoms with Gasteiger partial charge < -0.3 is 15.5 Å². The van der Waals surface area contributed by atoms with Gasteiger partial charge in [-0.3, -0.25) is 4.79 Å². The molecule has 2 aromatic rings. The molecule has 2 N–H and O–H groups in total. The summed E-state index contributed by atoms with van der Waals surface area (Å²) in [7, 11) is 0. The molecule has 1 aliphatic heterocycles. The van der Waals surface area contributed by atoms with E-state index in [0.717, 1.165) is 35.2 Å². The summed E-state index contributed by atoms with van der Waals surface area (Å²) < 4.78 is 0. The molecule has 0 radical (unpaired) electrons. The zero-order chi connectivity index (χ0) is 19.2. The maximum Gasteiger partial charge on any atom is 0.315 e. The van der Waals surface area contributed by atoms with Gasteiger partial charge in [0.25, 0.3) is 0 Å². The van der Waals surface area contributed by atoms with Gasteiger partial charge in [0.15, 0.2) is 0 Å². The number of urea groups is 1. The van der Waals surface area contributed by atoms with Gasteiger partial charge in [-0.1, -0.05) is 48.5 Å². The third kappa shape index (κ3) is 4.88. The lowest BCUT2D eigenvalue weighted by atomic mass is 10.0. The van der Waals surface area contributed by atoms with E-state index in [2.05, 4.69) is 10.6 Å². The van der Waals surface area contributed by atoms with Gasteiger partial charge in [0.1, 0.15) is 0 Å². The van der Waals surface area contributed by atoms with Crippen molar-refractivity contribution in [1.82, 2.24) is 15.5 Å². The first-order valence-electron chi connectivity index (χ1n) is 9.49. The van der Waals surface area contributed by atoms with Gasteiger partial charge >= 0.3 is 6.03 Å². The number of hydrogen-bond donors (Lipinski definition) is 2. The Balaban J connectivity index is 1.57. The summed E-state index contributed by atoms with van der Waals surface area (Å²) in [5, 5.41) is 5.93. The number of rotatable bonds is 6. The van der Waals surface area contributed by atoms with E-state index in [1.165, 1.54) is 0 Å². The summed E-state index contributed by atoms with van der Waals surface area (Å²) in [5.74, 6) is 0.211. The van der Waals surface area contributed by atoms with Crippen LogP contribution in [-0.4, -0.2) is 23.4 Å². The van der Waals surface area contributed by atoms with E-state index >= 15 is 0 Å². The van der Waals surface area contributed by atoms with Crippen molar-refractivity contribution in [3.63, 3.8) is 0 Å². The normalized spacial score (nSPS) is 14.9. The lowest BCUT2D eigenvalue weighted by molar-refractivity contribution is -0.128. The Labute approximate surface area is 160 Å². The van der Waals surface area contributed by atoms with E-state index in [-0.39, 0.29) is 18.0 Å². The zero-order valence-corrected chi connectivity index (χ0v) is 16.0. The average Bonchev–Trinajstić information content (AvgIpc) is 3.06. The standard InChI is InChI=1S/C22H27N3O2/c1-16-8-3-6-11-20(16)17(2)24-22(27)23-14-18-9-4-5-10-19(18)15-25-13-7-12-21(25)26/h3-6,8-11,17H,7,12-15H2,1-2H3,(H2,23,24,27)/t17-/m0/s1. The summed E-state index contributed by atoms with van der Waals surface area (Å²) in [5.41, 5.74) is 4.39. The van der Waals surface area contributed by atoms with Crippen molar-refractivity contribution in [2.24, 2.45) is 0 Å². The molecule has 2 aromatic carbocycles. The van der Waals surface area contributed by atoms with Gasteiger partial charge in [-0.15, -0.1) is 0 Å². The van der Waals surface area contributed by atoms with Crippen LogP contribution in [0.15, 0.2) is 48.5 Å². The van der Waals surface area contributed by atoms with Crippen LogP contribution in [0.1, 0.15) is 48.1 Å². The van der Waals surface area contributed by atoms with E-state index in [1.54, 1.807) is 0 Å². The number of hydrogen-bond acceptors (Lipinski definition) is 2. The molecule has 1 fully saturated rings. The summed E-state index contributed by atoms with van der Waals surface area (Å²) in [6.07, 6.45) is 1.57. The highest BCUT2D eigenvalue weighted by Gasteiger charge is 2.21. The van der Waals surface area contributed by atoms with Crippen molar-refractivity contribution in [3.8, 4) is 0 Å². The van der Waals surface area contributed by atoms with Crippen LogP contribution in [0, 0.1) is 6.92 Å². The first-order valence-corrected chi connectivity index (χ1v) is 9.49. The SMILES string of the molecule is Cc1ccccc1[C@H](C)NC(=O)NCc1ccccc1CN1CCCC1=O. The Morgan fingerprint density at radius 2 is 1.81 bits per heavy atom. The number of benzene rings is 2. The topological polar surface area (TPSA) is 61.4 Å².